The Balaban J connectivity index is 2.61. The molecule has 0 spiro atoms. The Hall–Kier alpha value is -2.49. The number of aryl methyl sites for hydroxylation is 1. The number of rotatable bonds is 3. The number of nitro benzene ring substituents is 1. The summed E-state index contributed by atoms with van der Waals surface area (Å²) in [6.07, 6.45) is 0. The van der Waals surface area contributed by atoms with Crippen molar-refractivity contribution in [3.05, 3.63) is 63.7 Å². The van der Waals surface area contributed by atoms with E-state index in [1.807, 2.05) is 19.1 Å². The molecule has 0 fully saturated rings. The van der Waals surface area contributed by atoms with E-state index in [0.717, 1.165) is 11.1 Å². The molecule has 19 heavy (non-hydrogen) atoms. The normalized spacial score (nSPS) is 10.2. The van der Waals surface area contributed by atoms with Crippen LogP contribution in [-0.4, -0.2) is 10.7 Å². The molecule has 0 saturated carbocycles. The van der Waals surface area contributed by atoms with E-state index in [9.17, 15) is 14.9 Å². The van der Waals surface area contributed by atoms with Gasteiger partial charge in [-0.05, 0) is 31.0 Å². The summed E-state index contributed by atoms with van der Waals surface area (Å²) in [5, 5.41) is 10.8. The highest BCUT2D eigenvalue weighted by atomic mass is 16.6. The minimum Gasteiger partial charge on any atom is -0.294 e. The molecule has 0 heterocycles. The first-order valence-corrected chi connectivity index (χ1v) is 5.85. The first-order chi connectivity index (χ1) is 8.99. The van der Waals surface area contributed by atoms with Crippen molar-refractivity contribution in [2.75, 3.05) is 0 Å². The summed E-state index contributed by atoms with van der Waals surface area (Å²) in [4.78, 5) is 22.0. The Labute approximate surface area is 110 Å². The second kappa shape index (κ2) is 5.02. The predicted molar refractivity (Wildman–Crippen MR) is 73.3 cm³/mol. The number of hydrogen-bond acceptors (Lipinski definition) is 3. The Morgan fingerprint density at radius 3 is 2.53 bits per heavy atom. The van der Waals surface area contributed by atoms with E-state index in [1.165, 1.54) is 19.1 Å². The van der Waals surface area contributed by atoms with Crippen LogP contribution in [0.25, 0.3) is 11.1 Å². The van der Waals surface area contributed by atoms with E-state index in [1.54, 1.807) is 18.2 Å². The van der Waals surface area contributed by atoms with E-state index >= 15 is 0 Å². The molecule has 0 aliphatic carbocycles. The van der Waals surface area contributed by atoms with Gasteiger partial charge in [-0.15, -0.1) is 0 Å². The van der Waals surface area contributed by atoms with Crippen LogP contribution in [0.5, 0.6) is 0 Å². The Bertz CT molecular complexity index is 662. The molecule has 0 amide bonds. The minimum atomic E-state index is -0.439. The van der Waals surface area contributed by atoms with E-state index in [-0.39, 0.29) is 11.5 Å². The van der Waals surface area contributed by atoms with Gasteiger partial charge in [0.15, 0.2) is 5.78 Å². The van der Waals surface area contributed by atoms with Crippen LogP contribution in [0.1, 0.15) is 22.8 Å². The van der Waals surface area contributed by atoms with Crippen LogP contribution in [0, 0.1) is 17.0 Å². The molecule has 0 radical (unpaired) electrons. The van der Waals surface area contributed by atoms with Crippen molar-refractivity contribution in [1.29, 1.82) is 0 Å². The molecule has 2 aromatic rings. The Morgan fingerprint density at radius 2 is 1.89 bits per heavy atom. The van der Waals surface area contributed by atoms with Crippen LogP contribution in [-0.2, 0) is 0 Å². The quantitative estimate of drug-likeness (QED) is 0.476. The zero-order valence-electron chi connectivity index (χ0n) is 10.7. The Morgan fingerprint density at radius 1 is 1.16 bits per heavy atom. The monoisotopic (exact) mass is 255 g/mol. The summed E-state index contributed by atoms with van der Waals surface area (Å²) in [6.45, 7) is 3.40. The molecule has 0 atom stereocenters. The van der Waals surface area contributed by atoms with Crippen molar-refractivity contribution in [3.63, 3.8) is 0 Å². The van der Waals surface area contributed by atoms with Crippen molar-refractivity contribution in [1.82, 2.24) is 0 Å². The largest absolute Gasteiger partial charge is 0.294 e. The van der Waals surface area contributed by atoms with Gasteiger partial charge in [-0.3, -0.25) is 14.9 Å². The third-order valence-electron chi connectivity index (χ3n) is 2.92. The molecular formula is C15H13NO3. The standard InChI is InChI=1S/C15H13NO3/c1-10-6-7-14(15(8-10)11(2)17)12-4-3-5-13(9-12)16(18)19/h3-9H,1-2H3. The van der Waals surface area contributed by atoms with Gasteiger partial charge in [0.1, 0.15) is 0 Å². The highest BCUT2D eigenvalue weighted by molar-refractivity contribution is 6.01. The average molecular weight is 255 g/mol. The Kier molecular flexibility index (Phi) is 3.42. The zero-order chi connectivity index (χ0) is 14.0. The zero-order valence-corrected chi connectivity index (χ0v) is 10.7. The van der Waals surface area contributed by atoms with E-state index < -0.39 is 4.92 Å². The van der Waals surface area contributed by atoms with Crippen LogP contribution in [0.2, 0.25) is 0 Å². The predicted octanol–water partition coefficient (Wildman–Crippen LogP) is 3.77. The lowest BCUT2D eigenvalue weighted by Crippen LogP contribution is -1.97. The molecule has 0 unspecified atom stereocenters. The van der Waals surface area contributed by atoms with Crippen molar-refractivity contribution in [2.24, 2.45) is 0 Å². The van der Waals surface area contributed by atoms with Crippen LogP contribution >= 0.6 is 0 Å². The van der Waals surface area contributed by atoms with Gasteiger partial charge in [0.25, 0.3) is 5.69 Å². The number of non-ortho nitro benzene ring substituents is 1. The first-order valence-electron chi connectivity index (χ1n) is 5.85. The molecule has 4 heteroatoms. The summed E-state index contributed by atoms with van der Waals surface area (Å²) >= 11 is 0. The van der Waals surface area contributed by atoms with Crippen molar-refractivity contribution < 1.29 is 9.72 Å². The van der Waals surface area contributed by atoms with Gasteiger partial charge in [0.05, 0.1) is 4.92 Å². The van der Waals surface area contributed by atoms with Gasteiger partial charge in [-0.25, -0.2) is 0 Å². The van der Waals surface area contributed by atoms with Crippen molar-refractivity contribution >= 4 is 11.5 Å². The molecule has 2 rings (SSSR count). The molecule has 0 aliphatic rings. The molecule has 0 aliphatic heterocycles. The number of Topliss-reactive ketones (excluding diaryl/α,β-unsaturated/α-hetero) is 1. The number of nitro groups is 1. The number of nitrogens with zero attached hydrogens (tertiary/aromatic N) is 1. The number of carbonyl (C=O) groups excluding carboxylic acids is 1. The number of hydrogen-bond donors (Lipinski definition) is 0. The van der Waals surface area contributed by atoms with Crippen LogP contribution in [0.4, 0.5) is 5.69 Å². The van der Waals surface area contributed by atoms with E-state index in [4.69, 9.17) is 0 Å². The number of carbonyl (C=O) groups is 1. The molecule has 0 saturated heterocycles. The van der Waals surface area contributed by atoms with Crippen LogP contribution in [0.15, 0.2) is 42.5 Å². The van der Waals surface area contributed by atoms with Crippen LogP contribution < -0.4 is 0 Å². The van der Waals surface area contributed by atoms with E-state index in [0.29, 0.717) is 11.1 Å². The van der Waals surface area contributed by atoms with Gasteiger partial charge in [0.2, 0.25) is 0 Å². The summed E-state index contributed by atoms with van der Waals surface area (Å²) in [7, 11) is 0. The third kappa shape index (κ3) is 2.68. The second-order valence-corrected chi connectivity index (χ2v) is 4.41. The summed E-state index contributed by atoms with van der Waals surface area (Å²) in [6, 6.07) is 11.8. The van der Waals surface area contributed by atoms with Gasteiger partial charge >= 0.3 is 0 Å². The SMILES string of the molecule is CC(=O)c1cc(C)ccc1-c1cccc([N+](=O)[O-])c1. The summed E-state index contributed by atoms with van der Waals surface area (Å²) < 4.78 is 0. The third-order valence-corrected chi connectivity index (χ3v) is 2.92. The summed E-state index contributed by atoms with van der Waals surface area (Å²) in [5.74, 6) is -0.0507. The van der Waals surface area contributed by atoms with Gasteiger partial charge in [-0.2, -0.15) is 0 Å². The van der Waals surface area contributed by atoms with Gasteiger partial charge in [-0.1, -0.05) is 29.8 Å². The highest BCUT2D eigenvalue weighted by Gasteiger charge is 2.12. The molecular weight excluding hydrogens is 242 g/mol. The van der Waals surface area contributed by atoms with Crippen molar-refractivity contribution in [2.45, 2.75) is 13.8 Å². The lowest BCUT2D eigenvalue weighted by atomic mass is 9.95. The molecule has 0 N–H and O–H groups in total. The van der Waals surface area contributed by atoms with Crippen molar-refractivity contribution in [3.8, 4) is 11.1 Å². The second-order valence-electron chi connectivity index (χ2n) is 4.41. The maximum Gasteiger partial charge on any atom is 0.270 e. The molecule has 2 aromatic carbocycles. The van der Waals surface area contributed by atoms with Gasteiger partial charge < -0.3 is 0 Å². The van der Waals surface area contributed by atoms with Crippen LogP contribution in [0.3, 0.4) is 0 Å². The average Bonchev–Trinajstić information content (AvgIpc) is 2.38. The smallest absolute Gasteiger partial charge is 0.270 e. The fourth-order valence-electron chi connectivity index (χ4n) is 1.99. The fraction of sp³-hybridized carbons (Fsp3) is 0.133. The minimum absolute atomic E-state index is 0.0209. The fourth-order valence-corrected chi connectivity index (χ4v) is 1.99. The summed E-state index contributed by atoms with van der Waals surface area (Å²) in [5.41, 5.74) is 2.99. The molecule has 4 nitrogen and oxygen atoms in total. The first kappa shape index (κ1) is 13.0. The number of benzene rings is 2. The lowest BCUT2D eigenvalue weighted by Gasteiger charge is -2.08. The lowest BCUT2D eigenvalue weighted by molar-refractivity contribution is -0.384. The maximum atomic E-state index is 11.7. The topological polar surface area (TPSA) is 60.2 Å². The highest BCUT2D eigenvalue weighted by Crippen LogP contribution is 2.28. The number of ketones is 1. The maximum absolute atomic E-state index is 11.7. The van der Waals surface area contributed by atoms with Gasteiger partial charge in [0, 0.05) is 17.7 Å². The van der Waals surface area contributed by atoms with E-state index in [2.05, 4.69) is 0 Å². The molecule has 0 bridgehead atoms. The molecule has 0 aromatic heterocycles. The molecule has 96 valence electrons.